The molecule has 3 aromatic rings. The maximum absolute atomic E-state index is 13.4. The van der Waals surface area contributed by atoms with Gasteiger partial charge in [-0.3, -0.25) is 4.31 Å². The summed E-state index contributed by atoms with van der Waals surface area (Å²) < 4.78 is 51.0. The number of methoxy groups -OCH3 is 1. The van der Waals surface area contributed by atoms with Crippen LogP contribution in [0.5, 0.6) is 5.75 Å². The number of rotatable bonds is 8. The molecule has 10 heteroatoms. The number of fused-ring (bicyclic) bond motifs is 1. The van der Waals surface area contributed by atoms with Gasteiger partial charge in [0.15, 0.2) is 0 Å². The van der Waals surface area contributed by atoms with Crippen molar-refractivity contribution in [3.63, 3.8) is 0 Å². The van der Waals surface area contributed by atoms with Crippen molar-refractivity contribution in [1.82, 2.24) is 9.61 Å². The van der Waals surface area contributed by atoms with E-state index in [1.54, 1.807) is 6.07 Å². The van der Waals surface area contributed by atoms with Crippen LogP contribution < -0.4 is 9.04 Å². The van der Waals surface area contributed by atoms with Gasteiger partial charge in [0.05, 0.1) is 31.7 Å². The highest BCUT2D eigenvalue weighted by atomic mass is 32.2. The molecule has 0 fully saturated rings. The molecule has 0 radical (unpaired) electrons. The van der Waals surface area contributed by atoms with Crippen molar-refractivity contribution < 1.29 is 27.1 Å². The highest BCUT2D eigenvalue weighted by Crippen LogP contribution is 2.35. The van der Waals surface area contributed by atoms with E-state index in [4.69, 9.17) is 9.47 Å². The third-order valence-electron chi connectivity index (χ3n) is 4.81. The molecule has 0 unspecified atom stereocenters. The summed E-state index contributed by atoms with van der Waals surface area (Å²) in [5.74, 6) is -0.751. The van der Waals surface area contributed by atoms with Crippen LogP contribution in [0, 0.1) is 5.82 Å². The fraction of sp³-hybridized carbons (Fsp3) is 0.333. The molecular formula is C21H24FN3O5S. The van der Waals surface area contributed by atoms with Gasteiger partial charge in [-0.25, -0.2) is 22.1 Å². The third kappa shape index (κ3) is 4.63. The Morgan fingerprint density at radius 2 is 1.94 bits per heavy atom. The molecular weight excluding hydrogens is 425 g/mol. The third-order valence-corrected chi connectivity index (χ3v) is 6.00. The molecule has 3 rings (SSSR count). The zero-order valence-electron chi connectivity index (χ0n) is 17.8. The number of benzene rings is 1. The van der Waals surface area contributed by atoms with Crippen LogP contribution in [0.15, 0.2) is 36.5 Å². The number of halogens is 1. The van der Waals surface area contributed by atoms with Gasteiger partial charge >= 0.3 is 5.97 Å². The summed E-state index contributed by atoms with van der Waals surface area (Å²) in [6.07, 6.45) is 4.24. The van der Waals surface area contributed by atoms with Gasteiger partial charge in [-0.2, -0.15) is 5.10 Å². The summed E-state index contributed by atoms with van der Waals surface area (Å²) in [6, 6.07) is 7.11. The fourth-order valence-corrected chi connectivity index (χ4v) is 3.53. The number of sulfonamides is 1. The Balaban J connectivity index is 2.28. The second-order valence-corrected chi connectivity index (χ2v) is 9.02. The van der Waals surface area contributed by atoms with E-state index in [2.05, 4.69) is 5.10 Å². The Morgan fingerprint density at radius 1 is 1.26 bits per heavy atom. The lowest BCUT2D eigenvalue weighted by molar-refractivity contribution is 0.0604. The van der Waals surface area contributed by atoms with Gasteiger partial charge in [-0.05, 0) is 30.7 Å². The first-order valence-corrected chi connectivity index (χ1v) is 11.5. The van der Waals surface area contributed by atoms with Gasteiger partial charge in [-0.15, -0.1) is 0 Å². The molecule has 0 saturated heterocycles. The summed E-state index contributed by atoms with van der Waals surface area (Å²) in [6.45, 7) is 2.39. The van der Waals surface area contributed by atoms with E-state index in [1.165, 1.54) is 49.1 Å². The van der Waals surface area contributed by atoms with Gasteiger partial charge in [0.1, 0.15) is 28.5 Å². The smallest absolute Gasteiger partial charge is 0.342 e. The van der Waals surface area contributed by atoms with Gasteiger partial charge in [-0.1, -0.05) is 13.3 Å². The van der Waals surface area contributed by atoms with Crippen LogP contribution in [0.4, 0.5) is 10.1 Å². The predicted octanol–water partition coefficient (Wildman–Crippen LogP) is 3.50. The van der Waals surface area contributed by atoms with Gasteiger partial charge in [0, 0.05) is 18.7 Å². The number of esters is 1. The zero-order chi connectivity index (χ0) is 22.8. The molecule has 1 aromatic carbocycles. The van der Waals surface area contributed by atoms with E-state index in [0.717, 1.165) is 23.4 Å². The van der Waals surface area contributed by atoms with Crippen molar-refractivity contribution in [3.8, 4) is 17.0 Å². The molecule has 2 heterocycles. The summed E-state index contributed by atoms with van der Waals surface area (Å²) in [5, 5.41) is 4.46. The molecule has 31 heavy (non-hydrogen) atoms. The molecule has 8 nitrogen and oxygen atoms in total. The number of hydrogen-bond donors (Lipinski definition) is 0. The second-order valence-electron chi connectivity index (χ2n) is 7.01. The minimum atomic E-state index is -3.58. The van der Waals surface area contributed by atoms with Crippen molar-refractivity contribution in [1.29, 1.82) is 0 Å². The van der Waals surface area contributed by atoms with E-state index >= 15 is 0 Å². The second kappa shape index (κ2) is 8.93. The van der Waals surface area contributed by atoms with Crippen LogP contribution in [-0.2, 0) is 14.8 Å². The van der Waals surface area contributed by atoms with Crippen molar-refractivity contribution in [2.45, 2.75) is 19.8 Å². The molecule has 0 N–H and O–H groups in total. The van der Waals surface area contributed by atoms with E-state index in [-0.39, 0.29) is 16.9 Å². The summed E-state index contributed by atoms with van der Waals surface area (Å²) >= 11 is 0. The minimum absolute atomic E-state index is 0.169. The molecule has 166 valence electrons. The number of carbonyl (C=O) groups is 1. The standard InChI is InChI=1S/C21H24FN3O5S/c1-5-6-11-30-18-12-16-19(21(26)29-3)20(14-7-9-15(22)10-8-14)23-25(16)13-17(18)24(2)31(4,27)28/h7-10,12-13H,5-6,11H2,1-4H3. The summed E-state index contributed by atoms with van der Waals surface area (Å²) in [7, 11) is -0.914. The molecule has 0 atom stereocenters. The van der Waals surface area contributed by atoms with Crippen LogP contribution in [0.25, 0.3) is 16.8 Å². The topological polar surface area (TPSA) is 90.2 Å². The average Bonchev–Trinajstić information content (AvgIpc) is 3.10. The Morgan fingerprint density at radius 3 is 2.52 bits per heavy atom. The number of anilines is 1. The van der Waals surface area contributed by atoms with Crippen molar-refractivity contribution >= 4 is 27.2 Å². The van der Waals surface area contributed by atoms with Gasteiger partial charge in [0.25, 0.3) is 0 Å². The van der Waals surface area contributed by atoms with Crippen LogP contribution in [0.2, 0.25) is 0 Å². The summed E-state index contributed by atoms with van der Waals surface area (Å²) in [5.41, 5.74) is 1.62. The number of hydrogen-bond acceptors (Lipinski definition) is 6. The molecule has 0 saturated carbocycles. The Hall–Kier alpha value is -3.14. The number of ether oxygens (including phenoxy) is 2. The highest BCUT2D eigenvalue weighted by Gasteiger charge is 2.25. The minimum Gasteiger partial charge on any atom is -0.491 e. The predicted molar refractivity (Wildman–Crippen MR) is 116 cm³/mol. The Kier molecular flexibility index (Phi) is 6.49. The van der Waals surface area contributed by atoms with E-state index in [9.17, 15) is 17.6 Å². The SMILES string of the molecule is CCCCOc1cc2c(C(=O)OC)c(-c3ccc(F)cc3)nn2cc1N(C)S(C)(=O)=O. The lowest BCUT2D eigenvalue weighted by Crippen LogP contribution is -2.26. The van der Waals surface area contributed by atoms with Crippen LogP contribution in [0.1, 0.15) is 30.1 Å². The maximum Gasteiger partial charge on any atom is 0.342 e. The maximum atomic E-state index is 13.4. The van der Waals surface area contributed by atoms with Gasteiger partial charge < -0.3 is 9.47 Å². The summed E-state index contributed by atoms with van der Waals surface area (Å²) in [4.78, 5) is 12.6. The van der Waals surface area contributed by atoms with E-state index in [0.29, 0.717) is 23.4 Å². The highest BCUT2D eigenvalue weighted by molar-refractivity contribution is 7.92. The van der Waals surface area contributed by atoms with Crippen LogP contribution in [0.3, 0.4) is 0 Å². The molecule has 2 aromatic heterocycles. The number of pyridine rings is 1. The first-order chi connectivity index (χ1) is 14.7. The number of carbonyl (C=O) groups excluding carboxylic acids is 1. The largest absolute Gasteiger partial charge is 0.491 e. The molecule has 0 aliphatic heterocycles. The number of nitrogens with zero attached hydrogens (tertiary/aromatic N) is 3. The molecule has 0 spiro atoms. The first kappa shape index (κ1) is 22.5. The molecule has 0 bridgehead atoms. The zero-order valence-corrected chi connectivity index (χ0v) is 18.6. The van der Waals surface area contributed by atoms with Crippen molar-refractivity contribution in [2.75, 3.05) is 31.3 Å². The monoisotopic (exact) mass is 449 g/mol. The molecule has 0 aliphatic rings. The van der Waals surface area contributed by atoms with Crippen LogP contribution in [-0.4, -0.2) is 51.0 Å². The number of aromatic nitrogens is 2. The number of unbranched alkanes of at least 4 members (excludes halogenated alkanes) is 1. The Bertz CT molecular complexity index is 1210. The quantitative estimate of drug-likeness (QED) is 0.386. The fourth-order valence-electron chi connectivity index (χ4n) is 3.03. The Labute approximate surface area is 180 Å². The van der Waals surface area contributed by atoms with Crippen molar-refractivity contribution in [2.24, 2.45) is 0 Å². The van der Waals surface area contributed by atoms with Crippen LogP contribution >= 0.6 is 0 Å². The lowest BCUT2D eigenvalue weighted by Gasteiger charge is -2.20. The van der Waals surface area contributed by atoms with E-state index in [1.807, 2.05) is 6.92 Å². The average molecular weight is 450 g/mol. The van der Waals surface area contributed by atoms with Gasteiger partial charge in [0.2, 0.25) is 10.0 Å². The normalized spacial score (nSPS) is 11.5. The lowest BCUT2D eigenvalue weighted by atomic mass is 10.1. The first-order valence-electron chi connectivity index (χ1n) is 9.64. The van der Waals surface area contributed by atoms with Crippen molar-refractivity contribution in [3.05, 3.63) is 47.9 Å². The van der Waals surface area contributed by atoms with E-state index < -0.39 is 21.8 Å². The molecule has 0 aliphatic carbocycles. The molecule has 0 amide bonds.